The van der Waals surface area contributed by atoms with E-state index in [0.29, 0.717) is 54.1 Å². The second-order valence-electron chi connectivity index (χ2n) is 6.28. The predicted molar refractivity (Wildman–Crippen MR) is 91.6 cm³/mol. The number of allylic oxidation sites excluding steroid dienone is 2. The molecular formula is C20H22O5. The van der Waals surface area contributed by atoms with Gasteiger partial charge in [-0.2, -0.15) is 0 Å². The van der Waals surface area contributed by atoms with Crippen LogP contribution in [0.3, 0.4) is 0 Å². The van der Waals surface area contributed by atoms with E-state index in [2.05, 4.69) is 0 Å². The zero-order chi connectivity index (χ0) is 18.0. The molecule has 5 nitrogen and oxygen atoms in total. The molecule has 132 valence electrons. The van der Waals surface area contributed by atoms with Crippen LogP contribution in [0.15, 0.2) is 53.0 Å². The van der Waals surface area contributed by atoms with Crippen LogP contribution in [-0.2, 0) is 19.0 Å². The second-order valence-corrected chi connectivity index (χ2v) is 6.28. The lowest BCUT2D eigenvalue weighted by molar-refractivity contribution is -0.188. The summed E-state index contributed by atoms with van der Waals surface area (Å²) in [6.07, 6.45) is 1.38. The van der Waals surface area contributed by atoms with Crippen LogP contribution >= 0.6 is 0 Å². The van der Waals surface area contributed by atoms with Gasteiger partial charge in [0.15, 0.2) is 5.78 Å². The molecule has 1 aromatic rings. The van der Waals surface area contributed by atoms with E-state index >= 15 is 0 Å². The molecule has 1 unspecified atom stereocenters. The molecule has 2 heterocycles. The molecule has 1 aromatic carbocycles. The number of ether oxygens (including phenoxy) is 3. The van der Waals surface area contributed by atoms with Gasteiger partial charge in [-0.1, -0.05) is 30.3 Å². The number of benzene rings is 1. The van der Waals surface area contributed by atoms with Gasteiger partial charge >= 0.3 is 5.97 Å². The van der Waals surface area contributed by atoms with E-state index in [-0.39, 0.29) is 11.8 Å². The highest BCUT2D eigenvalue weighted by atomic mass is 16.7. The van der Waals surface area contributed by atoms with Crippen LogP contribution in [-0.4, -0.2) is 24.1 Å². The zero-order valence-electron chi connectivity index (χ0n) is 14.8. The van der Waals surface area contributed by atoms with E-state index in [1.165, 1.54) is 0 Å². The van der Waals surface area contributed by atoms with Gasteiger partial charge in [-0.05, 0) is 27.2 Å². The lowest BCUT2D eigenvalue weighted by atomic mass is 9.93. The molecule has 0 saturated carbocycles. The van der Waals surface area contributed by atoms with Gasteiger partial charge in [0.2, 0.25) is 0 Å². The maximum Gasteiger partial charge on any atom is 0.337 e. The van der Waals surface area contributed by atoms with Crippen LogP contribution < -0.4 is 0 Å². The number of ketones is 1. The van der Waals surface area contributed by atoms with E-state index in [4.69, 9.17) is 14.2 Å². The first-order valence-corrected chi connectivity index (χ1v) is 8.50. The Bertz CT molecular complexity index is 760. The minimum Gasteiger partial charge on any atom is -0.463 e. The SMILES string of the molecule is CCOC(=O)C1=C(C)OC2(CC1)CC(C(=O)c1ccccc1)=C(C)O2. The number of Topliss-reactive ketones (excluding diaryl/α,β-unsaturated/α-hetero) is 1. The fourth-order valence-corrected chi connectivity index (χ4v) is 3.32. The van der Waals surface area contributed by atoms with Crippen LogP contribution in [0, 0.1) is 0 Å². The second kappa shape index (κ2) is 6.75. The van der Waals surface area contributed by atoms with Gasteiger partial charge in [-0.15, -0.1) is 0 Å². The van der Waals surface area contributed by atoms with Crippen molar-refractivity contribution in [2.75, 3.05) is 6.61 Å². The molecule has 1 spiro atoms. The number of esters is 1. The van der Waals surface area contributed by atoms with Crippen molar-refractivity contribution < 1.29 is 23.8 Å². The lowest BCUT2D eigenvalue weighted by Gasteiger charge is -2.35. The van der Waals surface area contributed by atoms with Gasteiger partial charge in [0.05, 0.1) is 18.6 Å². The van der Waals surface area contributed by atoms with Crippen molar-refractivity contribution in [3.05, 3.63) is 58.6 Å². The highest BCUT2D eigenvalue weighted by Gasteiger charge is 2.47. The Kier molecular flexibility index (Phi) is 4.66. The summed E-state index contributed by atoms with van der Waals surface area (Å²) in [6.45, 7) is 5.62. The maximum absolute atomic E-state index is 12.7. The molecule has 0 N–H and O–H groups in total. The fraction of sp³-hybridized carbons (Fsp3) is 0.400. The van der Waals surface area contributed by atoms with Crippen molar-refractivity contribution in [2.45, 2.75) is 45.8 Å². The molecule has 0 radical (unpaired) electrons. The van der Waals surface area contributed by atoms with Gasteiger partial charge in [-0.25, -0.2) is 4.79 Å². The Hall–Kier alpha value is -2.56. The third-order valence-corrected chi connectivity index (χ3v) is 4.56. The molecule has 2 aliphatic heterocycles. The molecule has 3 rings (SSSR count). The fourth-order valence-electron chi connectivity index (χ4n) is 3.32. The molecule has 0 saturated heterocycles. The summed E-state index contributed by atoms with van der Waals surface area (Å²) in [5, 5.41) is 0. The van der Waals surface area contributed by atoms with E-state index in [1.54, 1.807) is 32.9 Å². The summed E-state index contributed by atoms with van der Waals surface area (Å²) in [5.41, 5.74) is 1.79. The van der Waals surface area contributed by atoms with Crippen molar-refractivity contribution >= 4 is 11.8 Å². The first kappa shape index (κ1) is 17.3. The van der Waals surface area contributed by atoms with Crippen molar-refractivity contribution in [3.63, 3.8) is 0 Å². The first-order valence-electron chi connectivity index (χ1n) is 8.50. The summed E-state index contributed by atoms with van der Waals surface area (Å²) < 4.78 is 17.0. The lowest BCUT2D eigenvalue weighted by Crippen LogP contribution is -2.36. The molecule has 5 heteroatoms. The van der Waals surface area contributed by atoms with Crippen molar-refractivity contribution in [1.82, 2.24) is 0 Å². The quantitative estimate of drug-likeness (QED) is 0.613. The first-order chi connectivity index (χ1) is 12.0. The standard InChI is InChI=1S/C20H22O5/c1-4-23-19(22)16-10-11-20(24-13(16)2)12-17(14(3)25-20)18(21)15-8-6-5-7-9-15/h5-9H,4,10-12H2,1-3H3. The predicted octanol–water partition coefficient (Wildman–Crippen LogP) is 3.91. The normalized spacial score (nSPS) is 22.7. The molecule has 0 amide bonds. The molecule has 25 heavy (non-hydrogen) atoms. The van der Waals surface area contributed by atoms with Gasteiger partial charge in [0, 0.05) is 17.6 Å². The molecule has 0 bridgehead atoms. The van der Waals surface area contributed by atoms with E-state index < -0.39 is 5.79 Å². The average molecular weight is 342 g/mol. The molecule has 0 fully saturated rings. The zero-order valence-corrected chi connectivity index (χ0v) is 14.8. The summed E-state index contributed by atoms with van der Waals surface area (Å²) in [4.78, 5) is 24.7. The Morgan fingerprint density at radius 3 is 2.32 bits per heavy atom. The maximum atomic E-state index is 12.7. The van der Waals surface area contributed by atoms with Crippen molar-refractivity contribution in [2.24, 2.45) is 0 Å². The van der Waals surface area contributed by atoms with Gasteiger partial charge in [-0.3, -0.25) is 4.79 Å². The summed E-state index contributed by atoms with van der Waals surface area (Å²) in [7, 11) is 0. The third-order valence-electron chi connectivity index (χ3n) is 4.56. The van der Waals surface area contributed by atoms with E-state index in [0.717, 1.165) is 0 Å². The monoisotopic (exact) mass is 342 g/mol. The van der Waals surface area contributed by atoms with Crippen molar-refractivity contribution in [3.8, 4) is 0 Å². The Morgan fingerprint density at radius 1 is 1.08 bits per heavy atom. The van der Waals surface area contributed by atoms with Gasteiger partial charge in [0.25, 0.3) is 5.79 Å². The van der Waals surface area contributed by atoms with Crippen LogP contribution in [0.1, 0.15) is 50.4 Å². The highest BCUT2D eigenvalue weighted by Crippen LogP contribution is 2.44. The summed E-state index contributed by atoms with van der Waals surface area (Å²) >= 11 is 0. The van der Waals surface area contributed by atoms with Crippen molar-refractivity contribution in [1.29, 1.82) is 0 Å². The Morgan fingerprint density at radius 2 is 1.72 bits per heavy atom. The number of rotatable bonds is 4. The number of carbonyl (C=O) groups excluding carboxylic acids is 2. The van der Waals surface area contributed by atoms with E-state index in [9.17, 15) is 9.59 Å². The minimum atomic E-state index is -0.899. The minimum absolute atomic E-state index is 0.0450. The molecule has 0 aliphatic carbocycles. The van der Waals surface area contributed by atoms with Gasteiger partial charge < -0.3 is 14.2 Å². The van der Waals surface area contributed by atoms with E-state index in [1.807, 2.05) is 18.2 Å². The van der Waals surface area contributed by atoms with Crippen LogP contribution in [0.5, 0.6) is 0 Å². The Balaban J connectivity index is 1.78. The molecular weight excluding hydrogens is 320 g/mol. The molecule has 0 aromatic heterocycles. The van der Waals surface area contributed by atoms with Crippen LogP contribution in [0.25, 0.3) is 0 Å². The molecule has 2 aliphatic rings. The smallest absolute Gasteiger partial charge is 0.337 e. The van der Waals surface area contributed by atoms with Gasteiger partial charge in [0.1, 0.15) is 11.5 Å². The third kappa shape index (κ3) is 3.31. The highest BCUT2D eigenvalue weighted by molar-refractivity contribution is 6.09. The average Bonchev–Trinajstić information content (AvgIpc) is 2.91. The number of carbonyl (C=O) groups is 2. The largest absolute Gasteiger partial charge is 0.463 e. The number of hydrogen-bond donors (Lipinski definition) is 0. The summed E-state index contributed by atoms with van der Waals surface area (Å²) in [6, 6.07) is 9.13. The van der Waals surface area contributed by atoms with Crippen LogP contribution in [0.4, 0.5) is 0 Å². The Labute approximate surface area is 147 Å². The number of hydrogen-bond acceptors (Lipinski definition) is 5. The topological polar surface area (TPSA) is 61.8 Å². The summed E-state index contributed by atoms with van der Waals surface area (Å²) in [5.74, 6) is -0.203. The van der Waals surface area contributed by atoms with Crippen LogP contribution in [0.2, 0.25) is 0 Å². The molecule has 1 atom stereocenters.